The highest BCUT2D eigenvalue weighted by atomic mass is 32.2. The Balaban J connectivity index is 1.18. The third-order valence-corrected chi connectivity index (χ3v) is 8.28. The number of imidazole rings is 1. The van der Waals surface area contributed by atoms with Crippen LogP contribution in [-0.2, 0) is 4.79 Å². The first-order valence-electron chi connectivity index (χ1n) is 11.9. The lowest BCUT2D eigenvalue weighted by Gasteiger charge is -2.43. The third-order valence-electron chi connectivity index (χ3n) is 7.32. The SMILES string of the molecule is Cc1cn(C2CCN([N@@+]34C=CC=C3C=C(C(=O)N3CCSC3)C4)CC2)c(-c2ccccc2)n1. The minimum atomic E-state index is 0.220. The van der Waals surface area contributed by atoms with Gasteiger partial charge in [0, 0.05) is 42.3 Å². The van der Waals surface area contributed by atoms with Gasteiger partial charge < -0.3 is 9.47 Å². The molecule has 0 saturated carbocycles. The van der Waals surface area contributed by atoms with Gasteiger partial charge in [-0.05, 0) is 25.8 Å². The Morgan fingerprint density at radius 3 is 2.73 bits per heavy atom. The fourth-order valence-corrected chi connectivity index (χ4v) is 6.58. The molecule has 2 aromatic rings. The molecule has 7 heteroatoms. The Kier molecular flexibility index (Phi) is 5.28. The molecule has 2 saturated heterocycles. The van der Waals surface area contributed by atoms with Crippen molar-refractivity contribution in [2.24, 2.45) is 0 Å². The Labute approximate surface area is 199 Å². The molecule has 0 spiro atoms. The number of benzene rings is 1. The predicted molar refractivity (Wildman–Crippen MR) is 132 cm³/mol. The number of thioether (sulfide) groups is 1. The number of aryl methyl sites for hydroxylation is 1. The van der Waals surface area contributed by atoms with Crippen molar-refractivity contribution in [3.8, 4) is 11.4 Å². The molecule has 4 aliphatic heterocycles. The van der Waals surface area contributed by atoms with Crippen LogP contribution < -0.4 is 0 Å². The van der Waals surface area contributed by atoms with Crippen molar-refractivity contribution in [3.05, 3.63) is 77.9 Å². The number of hydrogen-bond donors (Lipinski definition) is 0. The van der Waals surface area contributed by atoms with E-state index in [1.807, 2.05) is 16.7 Å². The van der Waals surface area contributed by atoms with E-state index in [2.05, 4.69) is 77.5 Å². The van der Waals surface area contributed by atoms with Crippen molar-refractivity contribution in [1.29, 1.82) is 0 Å². The summed E-state index contributed by atoms with van der Waals surface area (Å²) in [5.74, 6) is 3.16. The van der Waals surface area contributed by atoms with Crippen LogP contribution in [0, 0.1) is 6.92 Å². The lowest BCUT2D eigenvalue weighted by atomic mass is 10.0. The van der Waals surface area contributed by atoms with E-state index < -0.39 is 0 Å². The normalized spacial score (nSPS) is 25.4. The maximum Gasteiger partial charge on any atom is 0.256 e. The molecule has 0 radical (unpaired) electrons. The van der Waals surface area contributed by atoms with Gasteiger partial charge in [0.25, 0.3) is 5.91 Å². The zero-order valence-electron chi connectivity index (χ0n) is 19.1. The van der Waals surface area contributed by atoms with Crippen LogP contribution in [0.1, 0.15) is 24.6 Å². The van der Waals surface area contributed by atoms with E-state index in [-0.39, 0.29) is 5.91 Å². The van der Waals surface area contributed by atoms with Crippen LogP contribution in [0.25, 0.3) is 11.4 Å². The van der Waals surface area contributed by atoms with E-state index in [0.29, 0.717) is 10.6 Å². The standard InChI is InChI=1S/C26H30N5OS/c1-20-17-30(25(27-20)21-6-3-2-4-7-21)23-9-11-29(12-10-23)31-14-5-8-24(31)16-22(18-31)26(32)28-13-15-33-19-28/h2-8,14,16-17,23H,9-13,15,18-19H2,1H3/q+1/t31-/m1/s1. The van der Waals surface area contributed by atoms with Gasteiger partial charge in [-0.15, -0.1) is 16.8 Å². The minimum absolute atomic E-state index is 0.220. The van der Waals surface area contributed by atoms with Gasteiger partial charge in [0.05, 0.1) is 30.2 Å². The first-order valence-corrected chi connectivity index (χ1v) is 13.0. The van der Waals surface area contributed by atoms with E-state index in [1.54, 1.807) is 0 Å². The van der Waals surface area contributed by atoms with Gasteiger partial charge in [-0.1, -0.05) is 30.3 Å². The predicted octanol–water partition coefficient (Wildman–Crippen LogP) is 4.11. The number of aromatic nitrogens is 2. The molecule has 33 heavy (non-hydrogen) atoms. The molecule has 0 bridgehead atoms. The number of carbonyl (C=O) groups excluding carboxylic acids is 1. The van der Waals surface area contributed by atoms with Gasteiger partial charge in [0.2, 0.25) is 0 Å². The van der Waals surface area contributed by atoms with Gasteiger partial charge in [-0.2, -0.15) is 4.59 Å². The van der Waals surface area contributed by atoms with E-state index >= 15 is 0 Å². The molecule has 1 amide bonds. The largest absolute Gasteiger partial charge is 0.329 e. The fraction of sp³-hybridized carbons (Fsp3) is 0.385. The monoisotopic (exact) mass is 460 g/mol. The summed E-state index contributed by atoms with van der Waals surface area (Å²) >= 11 is 1.84. The van der Waals surface area contributed by atoms with E-state index in [1.165, 1.54) is 11.3 Å². The highest BCUT2D eigenvalue weighted by molar-refractivity contribution is 7.99. The Hall–Kier alpha value is -2.61. The number of carbonyl (C=O) groups is 1. The molecule has 6 rings (SSSR count). The molecule has 0 N–H and O–H groups in total. The summed E-state index contributed by atoms with van der Waals surface area (Å²) in [5, 5.41) is 2.55. The zero-order chi connectivity index (χ0) is 22.4. The second kappa shape index (κ2) is 8.31. The van der Waals surface area contributed by atoms with Crippen molar-refractivity contribution in [2.45, 2.75) is 25.8 Å². The van der Waals surface area contributed by atoms with Crippen molar-refractivity contribution in [1.82, 2.24) is 19.5 Å². The van der Waals surface area contributed by atoms with Crippen LogP contribution in [0.5, 0.6) is 0 Å². The summed E-state index contributed by atoms with van der Waals surface area (Å²) in [7, 11) is 0. The molecule has 6 nitrogen and oxygen atoms in total. The molecule has 0 unspecified atom stereocenters. The second-order valence-corrected chi connectivity index (χ2v) is 10.4. The number of quaternary nitrogens is 1. The average Bonchev–Trinajstić information content (AvgIpc) is 3.62. The number of piperidine rings is 1. The van der Waals surface area contributed by atoms with Crippen LogP contribution in [0.4, 0.5) is 0 Å². The van der Waals surface area contributed by atoms with Gasteiger partial charge in [-0.3, -0.25) is 4.79 Å². The van der Waals surface area contributed by atoms with Crippen LogP contribution in [-0.4, -0.2) is 67.8 Å². The van der Waals surface area contributed by atoms with Crippen molar-refractivity contribution >= 4 is 17.7 Å². The smallest absolute Gasteiger partial charge is 0.256 e. The summed E-state index contributed by atoms with van der Waals surface area (Å²) in [6.07, 6.45) is 13.1. The second-order valence-electron chi connectivity index (χ2n) is 9.36. The van der Waals surface area contributed by atoms with E-state index in [9.17, 15) is 4.79 Å². The van der Waals surface area contributed by atoms with Crippen molar-refractivity contribution in [2.75, 3.05) is 37.8 Å². The molecule has 0 aliphatic carbocycles. The van der Waals surface area contributed by atoms with E-state index in [0.717, 1.165) is 67.7 Å². The summed E-state index contributed by atoms with van der Waals surface area (Å²) in [6, 6.07) is 10.9. The minimum Gasteiger partial charge on any atom is -0.329 e. The molecule has 1 aromatic carbocycles. The number of nitrogens with zero attached hydrogens (tertiary/aromatic N) is 5. The number of rotatable bonds is 4. The van der Waals surface area contributed by atoms with E-state index in [4.69, 9.17) is 4.98 Å². The maximum absolute atomic E-state index is 13.1. The lowest BCUT2D eigenvalue weighted by molar-refractivity contribution is -0.949. The molecule has 1 aromatic heterocycles. The first-order chi connectivity index (χ1) is 16.1. The van der Waals surface area contributed by atoms with Gasteiger partial charge >= 0.3 is 0 Å². The molecular formula is C26H30N5OS+. The zero-order valence-corrected chi connectivity index (χ0v) is 19.9. The lowest BCUT2D eigenvalue weighted by Crippen LogP contribution is -2.56. The van der Waals surface area contributed by atoms with Crippen molar-refractivity contribution in [3.63, 3.8) is 0 Å². The molecule has 2 fully saturated rings. The van der Waals surface area contributed by atoms with Gasteiger partial charge in [-0.25, -0.2) is 4.98 Å². The fourth-order valence-electron chi connectivity index (χ4n) is 5.63. The third kappa shape index (κ3) is 3.59. The summed E-state index contributed by atoms with van der Waals surface area (Å²) in [5.41, 5.74) is 4.42. The van der Waals surface area contributed by atoms with Crippen LogP contribution in [0.15, 0.2) is 72.2 Å². The molecule has 5 heterocycles. The molecule has 1 atom stereocenters. The number of amides is 1. The highest BCUT2D eigenvalue weighted by Gasteiger charge is 2.48. The Bertz CT molecular complexity index is 1150. The van der Waals surface area contributed by atoms with Crippen LogP contribution in [0.3, 0.4) is 0 Å². The van der Waals surface area contributed by atoms with Crippen LogP contribution >= 0.6 is 11.8 Å². The van der Waals surface area contributed by atoms with Gasteiger partial charge in [0.1, 0.15) is 18.6 Å². The molecule has 170 valence electrons. The average molecular weight is 461 g/mol. The summed E-state index contributed by atoms with van der Waals surface area (Å²) < 4.78 is 3.07. The summed E-state index contributed by atoms with van der Waals surface area (Å²) in [6.45, 7) is 5.68. The van der Waals surface area contributed by atoms with Crippen molar-refractivity contribution < 1.29 is 9.39 Å². The highest BCUT2D eigenvalue weighted by Crippen LogP contribution is 2.40. The first kappa shape index (κ1) is 21.0. The summed E-state index contributed by atoms with van der Waals surface area (Å²) in [4.78, 5) is 19.9. The maximum atomic E-state index is 13.1. The molecular weight excluding hydrogens is 430 g/mol. The Morgan fingerprint density at radius 2 is 1.97 bits per heavy atom. The number of hydrogen-bond acceptors (Lipinski definition) is 4. The Morgan fingerprint density at radius 1 is 1.15 bits per heavy atom. The molecule has 4 aliphatic rings. The quantitative estimate of drug-likeness (QED) is 0.644. The van der Waals surface area contributed by atoms with Gasteiger partial charge in [0.15, 0.2) is 5.70 Å². The van der Waals surface area contributed by atoms with Crippen LogP contribution in [0.2, 0.25) is 0 Å². The topological polar surface area (TPSA) is 41.4 Å². The number of allylic oxidation sites excluding steroid dienone is 3. The number of fused-ring (bicyclic) bond motifs is 1.